The first-order valence-electron chi connectivity index (χ1n) is 25.0. The molecule has 0 radical (unpaired) electrons. The summed E-state index contributed by atoms with van der Waals surface area (Å²) in [5, 5.41) is 50.2. The summed E-state index contributed by atoms with van der Waals surface area (Å²) < 4.78 is 33.6. The number of ether oxygens (including phenoxy) is 2. The first kappa shape index (κ1) is 58.6. The van der Waals surface area contributed by atoms with E-state index >= 15 is 0 Å². The largest absolute Gasteiger partial charge is 0.472 e. The molecule has 1 aliphatic carbocycles. The lowest BCUT2D eigenvalue weighted by Crippen LogP contribution is -2.64. The number of carbonyl (C=O) groups is 2. The van der Waals surface area contributed by atoms with E-state index in [1.807, 2.05) is 0 Å². The number of phosphoric ester groups is 1. The third kappa shape index (κ3) is 30.7. The van der Waals surface area contributed by atoms with Crippen LogP contribution in [0.2, 0.25) is 0 Å². The molecular formula is C48H91O13P. The highest BCUT2D eigenvalue weighted by Gasteiger charge is 2.51. The molecule has 366 valence electrons. The molecule has 14 heteroatoms. The fourth-order valence-corrected chi connectivity index (χ4v) is 8.79. The van der Waals surface area contributed by atoms with Gasteiger partial charge in [-0.2, -0.15) is 0 Å². The Hall–Kier alpha value is -1.41. The molecule has 0 saturated heterocycles. The second-order valence-electron chi connectivity index (χ2n) is 17.7. The smallest absolute Gasteiger partial charge is 0.462 e. The zero-order chi connectivity index (χ0) is 45.7. The Kier molecular flexibility index (Phi) is 36.7. The Balaban J connectivity index is 2.41. The zero-order valence-corrected chi connectivity index (χ0v) is 39.8. The Morgan fingerprint density at radius 2 is 0.823 bits per heavy atom. The van der Waals surface area contributed by atoms with Gasteiger partial charge in [0.25, 0.3) is 0 Å². The van der Waals surface area contributed by atoms with Gasteiger partial charge in [0.2, 0.25) is 0 Å². The first-order valence-corrected chi connectivity index (χ1v) is 26.5. The number of aliphatic hydroxyl groups excluding tert-OH is 5. The summed E-state index contributed by atoms with van der Waals surface area (Å²) in [4.78, 5) is 35.8. The molecule has 0 heterocycles. The Labute approximate surface area is 375 Å². The minimum absolute atomic E-state index is 0.0988. The standard InChI is InChI=1S/C48H91O13P/c1-3-5-7-9-11-13-15-17-19-21-23-25-27-29-31-33-35-37-42(50)60-40(39-59-62(56,57)61-48-46(54)44(52)43(51)45(53)47(48)55)38-58-41(49)36-34-32-30-28-26-24-22-20-18-16-14-12-10-8-6-4-2/h13,15,40,43-48,51-55H,3-12,14,16-39H2,1-2H3,(H,56,57)/b15-13+/t40-,43?,44-,45?,46?,47?,48?/m0/s1. The number of rotatable bonds is 42. The zero-order valence-electron chi connectivity index (χ0n) is 38.9. The molecule has 0 aliphatic heterocycles. The van der Waals surface area contributed by atoms with Gasteiger partial charge in [0.15, 0.2) is 6.10 Å². The highest BCUT2D eigenvalue weighted by molar-refractivity contribution is 7.47. The van der Waals surface area contributed by atoms with Gasteiger partial charge in [-0.05, 0) is 38.5 Å². The molecule has 0 bridgehead atoms. The number of carbonyl (C=O) groups excluding carboxylic acids is 2. The summed E-state index contributed by atoms with van der Waals surface area (Å²) in [6.45, 7) is 3.32. The number of phosphoric acid groups is 1. The van der Waals surface area contributed by atoms with E-state index in [1.54, 1.807) is 0 Å². The molecule has 0 spiro atoms. The summed E-state index contributed by atoms with van der Waals surface area (Å²) in [6.07, 6.45) is 28.3. The van der Waals surface area contributed by atoms with E-state index < -0.39 is 75.7 Å². The van der Waals surface area contributed by atoms with Gasteiger partial charge in [-0.3, -0.25) is 18.6 Å². The highest BCUT2D eigenvalue weighted by atomic mass is 31.2. The van der Waals surface area contributed by atoms with Crippen LogP contribution in [0, 0.1) is 0 Å². The van der Waals surface area contributed by atoms with E-state index in [1.165, 1.54) is 135 Å². The molecule has 0 aromatic heterocycles. The average Bonchev–Trinajstić information content (AvgIpc) is 3.25. The monoisotopic (exact) mass is 907 g/mol. The predicted molar refractivity (Wildman–Crippen MR) is 244 cm³/mol. The molecule has 62 heavy (non-hydrogen) atoms. The number of hydrogen-bond acceptors (Lipinski definition) is 12. The molecule has 6 unspecified atom stereocenters. The maximum Gasteiger partial charge on any atom is 0.472 e. The number of hydrogen-bond donors (Lipinski definition) is 6. The van der Waals surface area contributed by atoms with Crippen molar-refractivity contribution >= 4 is 19.8 Å². The van der Waals surface area contributed by atoms with E-state index in [-0.39, 0.29) is 12.8 Å². The van der Waals surface area contributed by atoms with Crippen molar-refractivity contribution in [3.05, 3.63) is 12.2 Å². The van der Waals surface area contributed by atoms with Crippen LogP contribution in [0.15, 0.2) is 12.2 Å². The quantitative estimate of drug-likeness (QED) is 0.0146. The fourth-order valence-electron chi connectivity index (χ4n) is 7.81. The topological polar surface area (TPSA) is 210 Å². The van der Waals surface area contributed by atoms with Crippen LogP contribution < -0.4 is 0 Å². The van der Waals surface area contributed by atoms with Crippen LogP contribution in [0.1, 0.15) is 226 Å². The van der Waals surface area contributed by atoms with Crippen molar-refractivity contribution in [1.82, 2.24) is 0 Å². The fraction of sp³-hybridized carbons (Fsp3) is 0.917. The van der Waals surface area contributed by atoms with Crippen molar-refractivity contribution in [2.45, 2.75) is 268 Å². The summed E-state index contributed by atoms with van der Waals surface area (Å²) >= 11 is 0. The number of unbranched alkanes of at least 4 members (excludes halogenated alkanes) is 28. The Morgan fingerprint density at radius 3 is 1.24 bits per heavy atom. The van der Waals surface area contributed by atoms with Crippen LogP contribution in [-0.4, -0.2) is 98.3 Å². The lowest BCUT2D eigenvalue weighted by molar-refractivity contribution is -0.220. The van der Waals surface area contributed by atoms with Crippen molar-refractivity contribution in [2.24, 2.45) is 0 Å². The summed E-state index contributed by atoms with van der Waals surface area (Å²) in [7, 11) is -5.11. The molecule has 13 nitrogen and oxygen atoms in total. The molecule has 0 aromatic carbocycles. The van der Waals surface area contributed by atoms with Crippen molar-refractivity contribution in [3.63, 3.8) is 0 Å². The van der Waals surface area contributed by atoms with Crippen molar-refractivity contribution in [3.8, 4) is 0 Å². The lowest BCUT2D eigenvalue weighted by atomic mass is 9.85. The first-order chi connectivity index (χ1) is 29.9. The number of esters is 2. The van der Waals surface area contributed by atoms with E-state index in [0.717, 1.165) is 51.4 Å². The SMILES string of the molecule is CCCCCC/C=C/CCCCCCCCCCCC(=O)O[C@@H](COC(=O)CCCCCCCCCCCCCCCCCC)COP(=O)(O)OC1C(O)C(O)C(O)[C@H](O)C1O. The molecule has 8 atom stereocenters. The van der Waals surface area contributed by atoms with Gasteiger partial charge in [-0.15, -0.1) is 0 Å². The van der Waals surface area contributed by atoms with Crippen LogP contribution in [0.3, 0.4) is 0 Å². The molecule has 1 fully saturated rings. The Bertz CT molecular complexity index is 1140. The van der Waals surface area contributed by atoms with Crippen LogP contribution >= 0.6 is 7.82 Å². The van der Waals surface area contributed by atoms with Crippen LogP contribution in [0.25, 0.3) is 0 Å². The maximum absolute atomic E-state index is 12.8. The minimum atomic E-state index is -5.11. The van der Waals surface area contributed by atoms with Gasteiger partial charge >= 0.3 is 19.8 Å². The van der Waals surface area contributed by atoms with Crippen LogP contribution in [0.4, 0.5) is 0 Å². The third-order valence-corrected chi connectivity index (χ3v) is 12.8. The predicted octanol–water partition coefficient (Wildman–Crippen LogP) is 10.2. The minimum Gasteiger partial charge on any atom is -0.462 e. The van der Waals surface area contributed by atoms with Gasteiger partial charge in [0.05, 0.1) is 6.61 Å². The van der Waals surface area contributed by atoms with E-state index in [0.29, 0.717) is 12.8 Å². The maximum atomic E-state index is 12.8. The molecule has 1 aliphatic rings. The normalized spacial score (nSPS) is 21.9. The van der Waals surface area contributed by atoms with Crippen molar-refractivity contribution < 1.29 is 63.1 Å². The van der Waals surface area contributed by atoms with Gasteiger partial charge in [-0.1, -0.05) is 187 Å². The van der Waals surface area contributed by atoms with Gasteiger partial charge < -0.3 is 39.9 Å². The average molecular weight is 907 g/mol. The third-order valence-electron chi connectivity index (χ3n) is 11.9. The van der Waals surface area contributed by atoms with E-state index in [2.05, 4.69) is 26.0 Å². The van der Waals surface area contributed by atoms with Crippen molar-refractivity contribution in [2.75, 3.05) is 13.2 Å². The Morgan fingerprint density at radius 1 is 0.484 bits per heavy atom. The summed E-state index contributed by atoms with van der Waals surface area (Å²) in [5.74, 6) is -1.09. The molecule has 0 amide bonds. The molecule has 6 N–H and O–H groups in total. The van der Waals surface area contributed by atoms with E-state index in [9.17, 15) is 44.6 Å². The lowest BCUT2D eigenvalue weighted by Gasteiger charge is -2.41. The second-order valence-corrected chi connectivity index (χ2v) is 19.1. The molecule has 1 saturated carbocycles. The molecule has 0 aromatic rings. The van der Waals surface area contributed by atoms with Gasteiger partial charge in [-0.25, -0.2) is 4.57 Å². The van der Waals surface area contributed by atoms with Gasteiger partial charge in [0.1, 0.15) is 43.2 Å². The molecular weight excluding hydrogens is 815 g/mol. The van der Waals surface area contributed by atoms with Crippen LogP contribution in [-0.2, 0) is 32.7 Å². The second kappa shape index (κ2) is 38.8. The number of aliphatic hydroxyl groups is 5. The highest BCUT2D eigenvalue weighted by Crippen LogP contribution is 2.47. The summed E-state index contributed by atoms with van der Waals surface area (Å²) in [6, 6.07) is 0. The molecule has 1 rings (SSSR count). The van der Waals surface area contributed by atoms with Crippen molar-refractivity contribution in [1.29, 1.82) is 0 Å². The van der Waals surface area contributed by atoms with Crippen LogP contribution in [0.5, 0.6) is 0 Å². The summed E-state index contributed by atoms with van der Waals surface area (Å²) in [5.41, 5.74) is 0. The van der Waals surface area contributed by atoms with Gasteiger partial charge in [0, 0.05) is 12.8 Å². The van der Waals surface area contributed by atoms with E-state index in [4.69, 9.17) is 18.5 Å². The number of allylic oxidation sites excluding steroid dienone is 2.